The fourth-order valence-corrected chi connectivity index (χ4v) is 3.07. The van der Waals surface area contributed by atoms with Crippen LogP contribution in [-0.2, 0) is 5.41 Å². The van der Waals surface area contributed by atoms with Crippen molar-refractivity contribution < 1.29 is 10.0 Å². The van der Waals surface area contributed by atoms with Crippen LogP contribution in [0.5, 0.6) is 0 Å². The van der Waals surface area contributed by atoms with Crippen LogP contribution in [-0.4, -0.2) is 16.1 Å². The van der Waals surface area contributed by atoms with Gasteiger partial charge >= 0.3 is 0 Å². The molecule has 1 aliphatic rings. The number of nitrogens with zero attached hydrogens (tertiary/aromatic N) is 1. The van der Waals surface area contributed by atoms with Gasteiger partial charge in [0, 0.05) is 11.6 Å². The van der Waals surface area contributed by atoms with Gasteiger partial charge in [-0.25, -0.2) is 5.48 Å². The van der Waals surface area contributed by atoms with Crippen molar-refractivity contribution in [3.05, 3.63) is 58.9 Å². The predicted octanol–water partition coefficient (Wildman–Crippen LogP) is 2.95. The number of carbonyl (C=O) groups excluding carboxylic acids is 1. The maximum Gasteiger partial charge on any atom is 0.276 e. The number of rotatable bonds is 2. The summed E-state index contributed by atoms with van der Waals surface area (Å²) in [5, 5.41) is 12.3. The number of hydroxylamine groups is 1. The standard InChI is InChI=1S/C17H19N3O2/c1-10-7-8-13(18-9-10)15-17(2,3)12-6-4-5-11(14(12)19-15)16(21)20-22/h4-9,15,19,22H,1-3H3,(H,20,21)/t15-/m0/s1. The summed E-state index contributed by atoms with van der Waals surface area (Å²) in [7, 11) is 0. The molecule has 0 radical (unpaired) electrons. The number of carbonyl (C=O) groups is 1. The van der Waals surface area contributed by atoms with Gasteiger partial charge in [0.25, 0.3) is 5.91 Å². The van der Waals surface area contributed by atoms with Crippen LogP contribution in [0.2, 0.25) is 0 Å². The lowest BCUT2D eigenvalue weighted by atomic mass is 9.79. The predicted molar refractivity (Wildman–Crippen MR) is 84.1 cm³/mol. The highest BCUT2D eigenvalue weighted by Gasteiger charge is 2.42. The number of hydrogen-bond donors (Lipinski definition) is 3. The van der Waals surface area contributed by atoms with E-state index in [0.717, 1.165) is 22.5 Å². The van der Waals surface area contributed by atoms with Crippen molar-refractivity contribution >= 4 is 11.6 Å². The van der Waals surface area contributed by atoms with Gasteiger partial charge in [-0.05, 0) is 30.2 Å². The van der Waals surface area contributed by atoms with E-state index in [0.29, 0.717) is 5.56 Å². The van der Waals surface area contributed by atoms with Crippen molar-refractivity contribution in [1.82, 2.24) is 10.5 Å². The number of hydrogen-bond acceptors (Lipinski definition) is 4. The maximum atomic E-state index is 11.9. The van der Waals surface area contributed by atoms with Crippen molar-refractivity contribution in [2.45, 2.75) is 32.2 Å². The average molecular weight is 297 g/mol. The van der Waals surface area contributed by atoms with Crippen LogP contribution in [0.1, 0.15) is 47.1 Å². The van der Waals surface area contributed by atoms with Crippen LogP contribution in [0, 0.1) is 6.92 Å². The number of anilines is 1. The van der Waals surface area contributed by atoms with Gasteiger partial charge in [0.15, 0.2) is 0 Å². The molecule has 1 aromatic carbocycles. The van der Waals surface area contributed by atoms with Crippen molar-refractivity contribution in [3.63, 3.8) is 0 Å². The van der Waals surface area contributed by atoms with E-state index < -0.39 is 5.91 Å². The third-order valence-corrected chi connectivity index (χ3v) is 4.35. The molecule has 0 saturated heterocycles. The second-order valence-corrected chi connectivity index (χ2v) is 6.23. The molecule has 22 heavy (non-hydrogen) atoms. The molecule has 5 heteroatoms. The quantitative estimate of drug-likeness (QED) is 0.588. The first-order valence-corrected chi connectivity index (χ1v) is 7.22. The van der Waals surface area contributed by atoms with Crippen LogP contribution in [0.15, 0.2) is 36.5 Å². The summed E-state index contributed by atoms with van der Waals surface area (Å²) in [5.41, 5.74) is 5.76. The Morgan fingerprint density at radius 1 is 1.32 bits per heavy atom. The molecule has 114 valence electrons. The Balaban J connectivity index is 2.08. The van der Waals surface area contributed by atoms with Gasteiger partial charge in [-0.2, -0.15) is 0 Å². The number of fused-ring (bicyclic) bond motifs is 1. The molecule has 1 atom stereocenters. The molecule has 1 amide bonds. The highest BCUT2D eigenvalue weighted by atomic mass is 16.5. The van der Waals surface area contributed by atoms with Crippen LogP contribution >= 0.6 is 0 Å². The van der Waals surface area contributed by atoms with Gasteiger partial charge in [0.1, 0.15) is 0 Å². The summed E-state index contributed by atoms with van der Waals surface area (Å²) in [5.74, 6) is -0.516. The molecule has 1 aliphatic heterocycles. The minimum atomic E-state index is -0.516. The monoisotopic (exact) mass is 297 g/mol. The summed E-state index contributed by atoms with van der Waals surface area (Å²) < 4.78 is 0. The van der Waals surface area contributed by atoms with E-state index in [4.69, 9.17) is 5.21 Å². The molecular weight excluding hydrogens is 278 g/mol. The highest BCUT2D eigenvalue weighted by molar-refractivity contribution is 6.00. The summed E-state index contributed by atoms with van der Waals surface area (Å²) in [6.07, 6.45) is 1.84. The second-order valence-electron chi connectivity index (χ2n) is 6.23. The normalized spacial score (nSPS) is 18.5. The number of amides is 1. The van der Waals surface area contributed by atoms with Crippen molar-refractivity contribution in [1.29, 1.82) is 0 Å². The van der Waals surface area contributed by atoms with Gasteiger partial charge in [0.05, 0.1) is 23.0 Å². The number of pyridine rings is 1. The van der Waals surface area contributed by atoms with Gasteiger partial charge in [-0.1, -0.05) is 32.0 Å². The van der Waals surface area contributed by atoms with Crippen LogP contribution < -0.4 is 10.8 Å². The Kier molecular flexibility index (Phi) is 3.37. The third kappa shape index (κ3) is 2.14. The lowest BCUT2D eigenvalue weighted by Gasteiger charge is -2.27. The molecule has 0 saturated carbocycles. The Morgan fingerprint density at radius 3 is 2.73 bits per heavy atom. The number of aromatic nitrogens is 1. The fraction of sp³-hybridized carbons (Fsp3) is 0.294. The molecule has 3 rings (SSSR count). The van der Waals surface area contributed by atoms with E-state index in [9.17, 15) is 4.79 Å². The summed E-state index contributed by atoms with van der Waals surface area (Å²) in [4.78, 5) is 16.4. The first kappa shape index (κ1) is 14.5. The molecule has 5 nitrogen and oxygen atoms in total. The summed E-state index contributed by atoms with van der Waals surface area (Å²) >= 11 is 0. The zero-order valence-electron chi connectivity index (χ0n) is 12.8. The van der Waals surface area contributed by atoms with Crippen molar-refractivity contribution in [3.8, 4) is 0 Å². The molecule has 2 aromatic rings. The lowest BCUT2D eigenvalue weighted by molar-refractivity contribution is 0.0707. The number of para-hydroxylation sites is 1. The van der Waals surface area contributed by atoms with E-state index in [2.05, 4.69) is 24.1 Å². The molecular formula is C17H19N3O2. The summed E-state index contributed by atoms with van der Waals surface area (Å²) in [6.45, 7) is 6.25. The zero-order chi connectivity index (χ0) is 15.9. The maximum absolute atomic E-state index is 11.9. The van der Waals surface area contributed by atoms with Crippen molar-refractivity contribution in [2.24, 2.45) is 0 Å². The van der Waals surface area contributed by atoms with E-state index in [1.165, 1.54) is 0 Å². The van der Waals surface area contributed by atoms with E-state index in [1.807, 2.05) is 37.4 Å². The molecule has 0 spiro atoms. The number of aryl methyl sites for hydroxylation is 1. The first-order valence-electron chi connectivity index (χ1n) is 7.22. The molecule has 0 fully saturated rings. The topological polar surface area (TPSA) is 74.2 Å². The third-order valence-electron chi connectivity index (χ3n) is 4.35. The van der Waals surface area contributed by atoms with Gasteiger partial charge in [-0.3, -0.25) is 15.0 Å². The van der Waals surface area contributed by atoms with Crippen molar-refractivity contribution in [2.75, 3.05) is 5.32 Å². The second kappa shape index (κ2) is 5.10. The molecule has 3 N–H and O–H groups in total. The van der Waals surface area contributed by atoms with Gasteiger partial charge < -0.3 is 5.32 Å². The summed E-state index contributed by atoms with van der Waals surface area (Å²) in [6, 6.07) is 9.54. The van der Waals surface area contributed by atoms with E-state index in [-0.39, 0.29) is 11.5 Å². The Bertz CT molecular complexity index is 723. The zero-order valence-corrected chi connectivity index (χ0v) is 12.8. The smallest absolute Gasteiger partial charge is 0.276 e. The minimum absolute atomic E-state index is 0.0317. The number of nitrogens with one attached hydrogen (secondary N) is 2. The minimum Gasteiger partial charge on any atom is -0.375 e. The van der Waals surface area contributed by atoms with E-state index in [1.54, 1.807) is 11.5 Å². The van der Waals surface area contributed by atoms with Crippen LogP contribution in [0.25, 0.3) is 0 Å². The lowest BCUT2D eigenvalue weighted by Crippen LogP contribution is -2.26. The van der Waals surface area contributed by atoms with Crippen LogP contribution in [0.4, 0.5) is 5.69 Å². The fourth-order valence-electron chi connectivity index (χ4n) is 3.07. The Labute approximate surface area is 129 Å². The molecule has 2 heterocycles. The Hall–Kier alpha value is -2.40. The first-order chi connectivity index (χ1) is 10.4. The van der Waals surface area contributed by atoms with Gasteiger partial charge in [0.2, 0.25) is 0 Å². The number of benzene rings is 1. The van der Waals surface area contributed by atoms with Crippen LogP contribution in [0.3, 0.4) is 0 Å². The molecule has 1 aromatic heterocycles. The van der Waals surface area contributed by atoms with E-state index >= 15 is 0 Å². The molecule has 0 aliphatic carbocycles. The highest BCUT2D eigenvalue weighted by Crippen LogP contribution is 2.49. The largest absolute Gasteiger partial charge is 0.375 e. The molecule has 0 bridgehead atoms. The average Bonchev–Trinajstić information content (AvgIpc) is 2.79. The molecule has 0 unspecified atom stereocenters. The Morgan fingerprint density at radius 2 is 2.09 bits per heavy atom. The van der Waals surface area contributed by atoms with Gasteiger partial charge in [-0.15, -0.1) is 0 Å². The SMILES string of the molecule is Cc1ccc([C@@H]2Nc3c(C(=O)NO)cccc3C2(C)C)nc1.